The van der Waals surface area contributed by atoms with Gasteiger partial charge in [0.1, 0.15) is 0 Å². The van der Waals surface area contributed by atoms with Gasteiger partial charge in [-0.25, -0.2) is 4.98 Å². The molecule has 1 aromatic rings. The van der Waals surface area contributed by atoms with E-state index in [1.165, 1.54) is 20.0 Å². The molecule has 0 aliphatic heterocycles. The van der Waals surface area contributed by atoms with Crippen LogP contribution in [0, 0.1) is 5.92 Å². The summed E-state index contributed by atoms with van der Waals surface area (Å²) in [5.41, 5.74) is 0.801. The van der Waals surface area contributed by atoms with Gasteiger partial charge in [-0.15, -0.1) is 11.3 Å². The zero-order valence-corrected chi connectivity index (χ0v) is 13.1. The first-order valence-corrected chi connectivity index (χ1v) is 7.78. The summed E-state index contributed by atoms with van der Waals surface area (Å²) >= 11 is 1.60. The number of hydrogen-bond acceptors (Lipinski definition) is 5. The van der Waals surface area contributed by atoms with E-state index in [-0.39, 0.29) is 12.4 Å². The van der Waals surface area contributed by atoms with Gasteiger partial charge in [-0.2, -0.15) is 0 Å². The minimum Gasteiger partial charge on any atom is -0.469 e. The molecule has 0 saturated heterocycles. The largest absolute Gasteiger partial charge is 0.469 e. The minimum absolute atomic E-state index is 0.236. The van der Waals surface area contributed by atoms with Crippen molar-refractivity contribution in [3.8, 4) is 0 Å². The number of methoxy groups -OCH3 is 1. The molecular formula is C14H24N2O2S. The maximum absolute atomic E-state index is 11.2. The van der Waals surface area contributed by atoms with Crippen LogP contribution in [-0.4, -0.2) is 31.2 Å². The zero-order valence-electron chi connectivity index (χ0n) is 12.3. The molecule has 0 atom stereocenters. The average molecular weight is 284 g/mol. The van der Waals surface area contributed by atoms with E-state index in [2.05, 4.69) is 35.4 Å². The highest BCUT2D eigenvalue weighted by atomic mass is 32.1. The Morgan fingerprint density at radius 3 is 2.63 bits per heavy atom. The standard InChI is InChI=1S/C14H24N2O2S/c1-5-11(6-2)9-16(7-3)14-15-12(10-19-14)8-13(17)18-4/h10-11H,5-9H2,1-4H3. The number of esters is 1. The van der Waals surface area contributed by atoms with Crippen molar-refractivity contribution < 1.29 is 9.53 Å². The number of anilines is 1. The molecule has 0 spiro atoms. The first kappa shape index (κ1) is 16.0. The molecule has 0 aliphatic rings. The van der Waals surface area contributed by atoms with Crippen LogP contribution in [0.2, 0.25) is 0 Å². The maximum Gasteiger partial charge on any atom is 0.311 e. The highest BCUT2D eigenvalue weighted by Gasteiger charge is 2.15. The minimum atomic E-state index is -0.236. The molecule has 0 amide bonds. The molecule has 0 saturated carbocycles. The second-order valence-electron chi connectivity index (χ2n) is 4.60. The summed E-state index contributed by atoms with van der Waals surface area (Å²) in [6.45, 7) is 8.58. The summed E-state index contributed by atoms with van der Waals surface area (Å²) in [4.78, 5) is 18.1. The Balaban J connectivity index is 2.68. The molecule has 0 radical (unpaired) electrons. The Morgan fingerprint density at radius 1 is 1.42 bits per heavy atom. The summed E-state index contributed by atoms with van der Waals surface area (Å²) in [5, 5.41) is 2.95. The lowest BCUT2D eigenvalue weighted by Crippen LogP contribution is -2.28. The second kappa shape index (κ2) is 8.15. The lowest BCUT2D eigenvalue weighted by Gasteiger charge is -2.24. The van der Waals surface area contributed by atoms with Crippen LogP contribution in [-0.2, 0) is 16.0 Å². The van der Waals surface area contributed by atoms with Crippen molar-refractivity contribution in [2.45, 2.75) is 40.0 Å². The van der Waals surface area contributed by atoms with Crippen LogP contribution in [0.15, 0.2) is 5.38 Å². The number of carbonyl (C=O) groups excluding carboxylic acids is 1. The molecule has 0 aliphatic carbocycles. The van der Waals surface area contributed by atoms with Gasteiger partial charge in [0.25, 0.3) is 0 Å². The summed E-state index contributed by atoms with van der Waals surface area (Å²) in [6.07, 6.45) is 2.64. The van der Waals surface area contributed by atoms with E-state index in [4.69, 9.17) is 0 Å². The first-order chi connectivity index (χ1) is 9.14. The van der Waals surface area contributed by atoms with E-state index in [1.54, 1.807) is 11.3 Å². The molecule has 0 aromatic carbocycles. The highest BCUT2D eigenvalue weighted by Crippen LogP contribution is 2.23. The third kappa shape index (κ3) is 4.82. The fourth-order valence-electron chi connectivity index (χ4n) is 1.94. The van der Waals surface area contributed by atoms with Crippen LogP contribution >= 0.6 is 11.3 Å². The van der Waals surface area contributed by atoms with Crippen LogP contribution < -0.4 is 4.90 Å². The van der Waals surface area contributed by atoms with E-state index in [1.807, 2.05) is 5.38 Å². The van der Waals surface area contributed by atoms with Gasteiger partial charge in [-0.1, -0.05) is 26.7 Å². The van der Waals surface area contributed by atoms with Crippen molar-refractivity contribution >= 4 is 22.4 Å². The lowest BCUT2D eigenvalue weighted by molar-refractivity contribution is -0.139. The predicted molar refractivity (Wildman–Crippen MR) is 79.8 cm³/mol. The number of nitrogens with zero attached hydrogens (tertiary/aromatic N) is 2. The maximum atomic E-state index is 11.2. The molecule has 0 N–H and O–H groups in total. The molecule has 1 aromatic heterocycles. The third-order valence-electron chi connectivity index (χ3n) is 3.38. The number of rotatable bonds is 8. The molecule has 1 rings (SSSR count). The van der Waals surface area contributed by atoms with Gasteiger partial charge in [0, 0.05) is 18.5 Å². The Kier molecular flexibility index (Phi) is 6.84. The van der Waals surface area contributed by atoms with Crippen molar-refractivity contribution in [2.75, 3.05) is 25.1 Å². The van der Waals surface area contributed by atoms with Crippen LogP contribution in [0.25, 0.3) is 0 Å². The Morgan fingerprint density at radius 2 is 2.11 bits per heavy atom. The second-order valence-corrected chi connectivity index (χ2v) is 5.43. The van der Waals surface area contributed by atoms with E-state index in [0.29, 0.717) is 5.92 Å². The van der Waals surface area contributed by atoms with Gasteiger partial charge < -0.3 is 9.64 Å². The molecular weight excluding hydrogens is 260 g/mol. The molecule has 4 nitrogen and oxygen atoms in total. The lowest BCUT2D eigenvalue weighted by atomic mass is 10.0. The number of hydrogen-bond donors (Lipinski definition) is 0. The molecule has 1 heterocycles. The SMILES string of the molecule is CCC(CC)CN(CC)c1nc(CC(=O)OC)cs1. The van der Waals surface area contributed by atoms with Crippen molar-refractivity contribution in [1.29, 1.82) is 0 Å². The number of ether oxygens (including phenoxy) is 1. The predicted octanol–water partition coefficient (Wildman–Crippen LogP) is 3.12. The first-order valence-electron chi connectivity index (χ1n) is 6.90. The van der Waals surface area contributed by atoms with Crippen molar-refractivity contribution in [3.63, 3.8) is 0 Å². The fraction of sp³-hybridized carbons (Fsp3) is 0.714. The van der Waals surface area contributed by atoms with Crippen LogP contribution in [0.3, 0.4) is 0 Å². The fourth-order valence-corrected chi connectivity index (χ4v) is 2.84. The van der Waals surface area contributed by atoms with Gasteiger partial charge in [0.2, 0.25) is 0 Å². The number of thiazole rings is 1. The van der Waals surface area contributed by atoms with Crippen LogP contribution in [0.4, 0.5) is 5.13 Å². The normalized spacial score (nSPS) is 10.8. The van der Waals surface area contributed by atoms with Crippen molar-refractivity contribution in [2.24, 2.45) is 5.92 Å². The van der Waals surface area contributed by atoms with Crippen LogP contribution in [0.1, 0.15) is 39.3 Å². The average Bonchev–Trinajstić information content (AvgIpc) is 2.88. The van der Waals surface area contributed by atoms with E-state index in [9.17, 15) is 4.79 Å². The Labute approximate surface area is 119 Å². The van der Waals surface area contributed by atoms with Gasteiger partial charge in [0.05, 0.1) is 19.2 Å². The molecule has 108 valence electrons. The topological polar surface area (TPSA) is 42.4 Å². The highest BCUT2D eigenvalue weighted by molar-refractivity contribution is 7.13. The van der Waals surface area contributed by atoms with E-state index < -0.39 is 0 Å². The number of aromatic nitrogens is 1. The molecule has 19 heavy (non-hydrogen) atoms. The monoisotopic (exact) mass is 284 g/mol. The summed E-state index contributed by atoms with van der Waals surface area (Å²) < 4.78 is 4.66. The van der Waals surface area contributed by atoms with Crippen LogP contribution in [0.5, 0.6) is 0 Å². The Bertz CT molecular complexity index is 389. The van der Waals surface area contributed by atoms with E-state index in [0.717, 1.165) is 23.9 Å². The molecule has 0 unspecified atom stereocenters. The van der Waals surface area contributed by atoms with Gasteiger partial charge in [0.15, 0.2) is 5.13 Å². The van der Waals surface area contributed by atoms with Crippen molar-refractivity contribution in [3.05, 3.63) is 11.1 Å². The Hall–Kier alpha value is -1.10. The van der Waals surface area contributed by atoms with Crippen molar-refractivity contribution in [1.82, 2.24) is 4.98 Å². The van der Waals surface area contributed by atoms with E-state index >= 15 is 0 Å². The summed E-state index contributed by atoms with van der Waals surface area (Å²) in [5.74, 6) is 0.466. The smallest absolute Gasteiger partial charge is 0.311 e. The summed E-state index contributed by atoms with van der Waals surface area (Å²) in [6, 6.07) is 0. The quantitative estimate of drug-likeness (QED) is 0.688. The third-order valence-corrected chi connectivity index (χ3v) is 4.33. The molecule has 0 fully saturated rings. The number of carbonyl (C=O) groups is 1. The van der Waals surface area contributed by atoms with Gasteiger partial charge in [-0.05, 0) is 12.8 Å². The summed E-state index contributed by atoms with van der Waals surface area (Å²) in [7, 11) is 1.40. The molecule has 0 bridgehead atoms. The van der Waals surface area contributed by atoms with Gasteiger partial charge in [-0.3, -0.25) is 4.79 Å². The molecule has 5 heteroatoms. The van der Waals surface area contributed by atoms with Gasteiger partial charge >= 0.3 is 5.97 Å². The zero-order chi connectivity index (χ0) is 14.3.